The molecular weight excluding hydrogens is 168 g/mol. The highest BCUT2D eigenvalue weighted by atomic mass is 16.6. The van der Waals surface area contributed by atoms with E-state index in [1.54, 1.807) is 0 Å². The first-order valence-corrected chi connectivity index (χ1v) is 4.61. The van der Waals surface area contributed by atoms with Crippen LogP contribution in [0.2, 0.25) is 0 Å². The highest BCUT2D eigenvalue weighted by molar-refractivity contribution is 5.64. The summed E-state index contributed by atoms with van der Waals surface area (Å²) in [4.78, 5) is 12.8. The molecule has 2 N–H and O–H groups in total. The maximum atomic E-state index is 10.5. The lowest BCUT2D eigenvalue weighted by Crippen LogP contribution is -2.40. The zero-order valence-corrected chi connectivity index (χ0v) is 8.54. The van der Waals surface area contributed by atoms with Crippen molar-refractivity contribution in [2.75, 3.05) is 13.1 Å². The second-order valence-corrected chi connectivity index (χ2v) is 4.46. The Morgan fingerprint density at radius 3 is 2.54 bits per heavy atom. The molecule has 4 nitrogen and oxygen atoms in total. The number of hydrogen-bond donors (Lipinski definition) is 1. The summed E-state index contributed by atoms with van der Waals surface area (Å²) in [5.41, 5.74) is 5.10. The van der Waals surface area contributed by atoms with Crippen LogP contribution < -0.4 is 5.73 Å². The van der Waals surface area contributed by atoms with Gasteiger partial charge < -0.3 is 10.5 Å². The van der Waals surface area contributed by atoms with Crippen LogP contribution in [-0.4, -0.2) is 35.7 Å². The third kappa shape index (κ3) is 2.88. The quantitative estimate of drug-likeness (QED) is 0.663. The van der Waals surface area contributed by atoms with Gasteiger partial charge in [-0.05, 0) is 27.2 Å². The van der Waals surface area contributed by atoms with Crippen molar-refractivity contribution in [3.63, 3.8) is 0 Å². The van der Waals surface area contributed by atoms with Crippen LogP contribution in [0.3, 0.4) is 0 Å². The average molecular weight is 186 g/mol. The molecule has 0 aromatic rings. The first-order chi connectivity index (χ1) is 5.89. The van der Waals surface area contributed by atoms with E-state index in [2.05, 4.69) is 25.7 Å². The van der Waals surface area contributed by atoms with Crippen molar-refractivity contribution in [3.8, 4) is 0 Å². The smallest absolute Gasteiger partial charge is 0.404 e. The summed E-state index contributed by atoms with van der Waals surface area (Å²) in [6.45, 7) is 8.23. The van der Waals surface area contributed by atoms with Crippen LogP contribution in [0.1, 0.15) is 27.2 Å². The SMILES string of the molecule is CC(C)(C)N1CC[C@H](OC(N)=O)C1. The average Bonchev–Trinajstić information content (AvgIpc) is 2.32. The lowest BCUT2D eigenvalue weighted by atomic mass is 10.1. The predicted octanol–water partition coefficient (Wildman–Crippen LogP) is 0.955. The van der Waals surface area contributed by atoms with E-state index in [-0.39, 0.29) is 11.6 Å². The van der Waals surface area contributed by atoms with E-state index in [1.165, 1.54) is 0 Å². The summed E-state index contributed by atoms with van der Waals surface area (Å²) in [5, 5.41) is 0. The zero-order valence-electron chi connectivity index (χ0n) is 8.54. The molecule has 0 saturated carbocycles. The molecule has 1 rings (SSSR count). The minimum atomic E-state index is -0.666. The van der Waals surface area contributed by atoms with E-state index in [9.17, 15) is 4.79 Å². The fourth-order valence-electron chi connectivity index (χ4n) is 1.60. The van der Waals surface area contributed by atoms with Crippen LogP contribution in [0.5, 0.6) is 0 Å². The summed E-state index contributed by atoms with van der Waals surface area (Å²) >= 11 is 0. The molecule has 0 radical (unpaired) electrons. The van der Waals surface area contributed by atoms with Crippen molar-refractivity contribution in [2.24, 2.45) is 5.73 Å². The molecule has 0 aromatic heterocycles. The minimum absolute atomic E-state index is 0.0169. The van der Waals surface area contributed by atoms with Gasteiger partial charge in [0.1, 0.15) is 6.10 Å². The minimum Gasteiger partial charge on any atom is -0.445 e. The Bertz CT molecular complexity index is 198. The molecule has 0 unspecified atom stereocenters. The van der Waals surface area contributed by atoms with Crippen LogP contribution in [0.15, 0.2) is 0 Å². The summed E-state index contributed by atoms with van der Waals surface area (Å²) in [7, 11) is 0. The van der Waals surface area contributed by atoms with Gasteiger partial charge in [0, 0.05) is 18.6 Å². The second kappa shape index (κ2) is 3.54. The van der Waals surface area contributed by atoms with Gasteiger partial charge in [0.2, 0.25) is 0 Å². The lowest BCUT2D eigenvalue weighted by Gasteiger charge is -2.31. The van der Waals surface area contributed by atoms with E-state index in [0.29, 0.717) is 0 Å². The predicted molar refractivity (Wildman–Crippen MR) is 50.4 cm³/mol. The van der Waals surface area contributed by atoms with Crippen molar-refractivity contribution in [2.45, 2.75) is 38.8 Å². The fourth-order valence-corrected chi connectivity index (χ4v) is 1.60. The molecule has 0 spiro atoms. The maximum absolute atomic E-state index is 10.5. The van der Waals surface area contributed by atoms with E-state index in [0.717, 1.165) is 19.5 Å². The zero-order chi connectivity index (χ0) is 10.1. The third-order valence-corrected chi connectivity index (χ3v) is 2.38. The molecule has 13 heavy (non-hydrogen) atoms. The van der Waals surface area contributed by atoms with Gasteiger partial charge in [-0.2, -0.15) is 0 Å². The Hall–Kier alpha value is -0.770. The fraction of sp³-hybridized carbons (Fsp3) is 0.889. The van der Waals surface area contributed by atoms with Gasteiger partial charge in [0.05, 0.1) is 0 Å². The van der Waals surface area contributed by atoms with E-state index in [4.69, 9.17) is 10.5 Å². The van der Waals surface area contributed by atoms with E-state index < -0.39 is 6.09 Å². The molecule has 4 heteroatoms. The summed E-state index contributed by atoms with van der Waals surface area (Å²) < 4.78 is 4.93. The molecular formula is C9H18N2O2. The largest absolute Gasteiger partial charge is 0.445 e. The van der Waals surface area contributed by atoms with Crippen molar-refractivity contribution < 1.29 is 9.53 Å². The Labute approximate surface area is 79.0 Å². The van der Waals surface area contributed by atoms with E-state index in [1.807, 2.05) is 0 Å². The Balaban J connectivity index is 2.41. The van der Waals surface area contributed by atoms with Gasteiger partial charge in [-0.15, -0.1) is 0 Å². The molecule has 1 heterocycles. The standard InChI is InChI=1S/C9H18N2O2/c1-9(2,3)11-5-4-7(6-11)13-8(10)12/h7H,4-6H2,1-3H3,(H2,10,12)/t7-/m0/s1. The van der Waals surface area contributed by atoms with Crippen LogP contribution in [0.4, 0.5) is 4.79 Å². The number of hydrogen-bond acceptors (Lipinski definition) is 3. The summed E-state index contributed by atoms with van der Waals surface area (Å²) in [6, 6.07) is 0. The Morgan fingerprint density at radius 1 is 1.54 bits per heavy atom. The molecule has 1 aliphatic heterocycles. The molecule has 1 atom stereocenters. The Morgan fingerprint density at radius 2 is 2.15 bits per heavy atom. The topological polar surface area (TPSA) is 55.6 Å². The van der Waals surface area contributed by atoms with Crippen LogP contribution in [-0.2, 0) is 4.74 Å². The number of primary amides is 1. The van der Waals surface area contributed by atoms with Gasteiger partial charge >= 0.3 is 6.09 Å². The number of amides is 1. The number of nitrogens with two attached hydrogens (primary N) is 1. The first-order valence-electron chi connectivity index (χ1n) is 4.61. The lowest BCUT2D eigenvalue weighted by molar-refractivity contribution is 0.0949. The molecule has 0 aromatic carbocycles. The molecule has 1 saturated heterocycles. The van der Waals surface area contributed by atoms with E-state index >= 15 is 0 Å². The van der Waals surface area contributed by atoms with Gasteiger partial charge in [-0.25, -0.2) is 4.79 Å². The monoisotopic (exact) mass is 186 g/mol. The first kappa shape index (κ1) is 10.3. The summed E-state index contributed by atoms with van der Waals surface area (Å²) in [6.07, 6.45) is 0.206. The van der Waals surface area contributed by atoms with Crippen molar-refractivity contribution >= 4 is 6.09 Å². The normalized spacial score (nSPS) is 24.7. The van der Waals surface area contributed by atoms with Crippen molar-refractivity contribution in [1.29, 1.82) is 0 Å². The number of likely N-dealkylation sites (tertiary alicyclic amines) is 1. The maximum Gasteiger partial charge on any atom is 0.404 e. The number of nitrogens with zero attached hydrogens (tertiary/aromatic N) is 1. The number of carbonyl (C=O) groups is 1. The molecule has 1 fully saturated rings. The van der Waals surface area contributed by atoms with Crippen molar-refractivity contribution in [3.05, 3.63) is 0 Å². The molecule has 0 aliphatic carbocycles. The molecule has 1 amide bonds. The molecule has 76 valence electrons. The molecule has 1 aliphatic rings. The van der Waals surface area contributed by atoms with Gasteiger partial charge in [0.25, 0.3) is 0 Å². The second-order valence-electron chi connectivity index (χ2n) is 4.46. The van der Waals surface area contributed by atoms with Crippen LogP contribution in [0.25, 0.3) is 0 Å². The van der Waals surface area contributed by atoms with Crippen LogP contribution >= 0.6 is 0 Å². The number of rotatable bonds is 1. The molecule has 0 bridgehead atoms. The third-order valence-electron chi connectivity index (χ3n) is 2.38. The van der Waals surface area contributed by atoms with Gasteiger partial charge in [-0.3, -0.25) is 4.90 Å². The van der Waals surface area contributed by atoms with Gasteiger partial charge in [-0.1, -0.05) is 0 Å². The number of ether oxygens (including phenoxy) is 1. The Kier molecular flexibility index (Phi) is 2.81. The number of carbonyl (C=O) groups excluding carboxylic acids is 1. The van der Waals surface area contributed by atoms with Crippen LogP contribution in [0, 0.1) is 0 Å². The highest BCUT2D eigenvalue weighted by Gasteiger charge is 2.31. The summed E-state index contributed by atoms with van der Waals surface area (Å²) in [5.74, 6) is 0. The highest BCUT2D eigenvalue weighted by Crippen LogP contribution is 2.21. The van der Waals surface area contributed by atoms with Gasteiger partial charge in [0.15, 0.2) is 0 Å². The van der Waals surface area contributed by atoms with Crippen molar-refractivity contribution in [1.82, 2.24) is 4.90 Å².